The molecule has 0 heterocycles. The molecule has 13 heavy (non-hydrogen) atoms. The fraction of sp³-hybridized carbons (Fsp3) is 0.333. The van der Waals surface area contributed by atoms with Crippen molar-refractivity contribution in [1.29, 1.82) is 0 Å². The Labute approximate surface area is 85.2 Å². The summed E-state index contributed by atoms with van der Waals surface area (Å²) in [5.41, 5.74) is 0.585. The van der Waals surface area contributed by atoms with E-state index in [0.29, 0.717) is 22.3 Å². The predicted molar refractivity (Wildman–Crippen MR) is 53.4 cm³/mol. The van der Waals surface area contributed by atoms with Crippen molar-refractivity contribution in [3.63, 3.8) is 0 Å². The number of nitrogens with one attached hydrogen (secondary N) is 1. The van der Waals surface area contributed by atoms with Crippen molar-refractivity contribution in [3.8, 4) is 5.75 Å². The average molecular weight is 248 g/mol. The van der Waals surface area contributed by atoms with Crippen molar-refractivity contribution >= 4 is 15.9 Å². The molecule has 0 saturated carbocycles. The molecular weight excluding hydrogens is 237 g/mol. The first-order valence-corrected chi connectivity index (χ1v) is 4.65. The number of halogens is 2. The molecule has 0 bridgehead atoms. The van der Waals surface area contributed by atoms with Crippen LogP contribution in [0.15, 0.2) is 16.6 Å². The Hall–Kier alpha value is -0.610. The lowest BCUT2D eigenvalue weighted by Gasteiger charge is -2.09. The van der Waals surface area contributed by atoms with E-state index in [1.54, 1.807) is 20.2 Å². The number of hydrogen-bond acceptors (Lipinski definition) is 2. The van der Waals surface area contributed by atoms with Gasteiger partial charge in [0.15, 0.2) is 0 Å². The zero-order chi connectivity index (χ0) is 9.84. The molecule has 1 N–H and O–H groups in total. The Morgan fingerprint density at radius 3 is 2.77 bits per heavy atom. The van der Waals surface area contributed by atoms with Crippen molar-refractivity contribution in [1.82, 2.24) is 5.32 Å². The van der Waals surface area contributed by atoms with Gasteiger partial charge in [-0.1, -0.05) is 0 Å². The van der Waals surface area contributed by atoms with Crippen LogP contribution in [-0.4, -0.2) is 14.2 Å². The molecule has 0 saturated heterocycles. The molecule has 72 valence electrons. The van der Waals surface area contributed by atoms with Crippen molar-refractivity contribution in [2.75, 3.05) is 14.2 Å². The smallest absolute Gasteiger partial charge is 0.133 e. The Morgan fingerprint density at radius 2 is 2.23 bits per heavy atom. The number of benzene rings is 1. The third-order valence-electron chi connectivity index (χ3n) is 1.72. The Balaban J connectivity index is 3.13. The average Bonchev–Trinajstić information content (AvgIpc) is 2.12. The largest absolute Gasteiger partial charge is 0.496 e. The number of ether oxygens (including phenoxy) is 1. The highest BCUT2D eigenvalue weighted by atomic mass is 79.9. The van der Waals surface area contributed by atoms with Gasteiger partial charge in [0.25, 0.3) is 0 Å². The van der Waals surface area contributed by atoms with Crippen molar-refractivity contribution in [2.24, 2.45) is 0 Å². The van der Waals surface area contributed by atoms with Crippen molar-refractivity contribution in [2.45, 2.75) is 6.54 Å². The van der Waals surface area contributed by atoms with Gasteiger partial charge in [0, 0.05) is 12.1 Å². The minimum atomic E-state index is -0.234. The fourth-order valence-corrected chi connectivity index (χ4v) is 1.70. The summed E-state index contributed by atoms with van der Waals surface area (Å²) in [5, 5.41) is 2.89. The number of rotatable bonds is 3. The van der Waals surface area contributed by atoms with Crippen LogP contribution in [0.3, 0.4) is 0 Å². The maximum absolute atomic E-state index is 13.2. The molecule has 0 aliphatic carbocycles. The Kier molecular flexibility index (Phi) is 3.69. The van der Waals surface area contributed by atoms with E-state index >= 15 is 0 Å². The molecule has 4 heteroatoms. The molecule has 0 unspecified atom stereocenters. The summed E-state index contributed by atoms with van der Waals surface area (Å²) in [7, 11) is 3.33. The van der Waals surface area contributed by atoms with E-state index < -0.39 is 0 Å². The zero-order valence-electron chi connectivity index (χ0n) is 7.53. The molecule has 0 radical (unpaired) electrons. The molecule has 2 nitrogen and oxygen atoms in total. The van der Waals surface area contributed by atoms with E-state index in [-0.39, 0.29) is 5.82 Å². The van der Waals surface area contributed by atoms with Crippen molar-refractivity contribution in [3.05, 3.63) is 28.0 Å². The fourth-order valence-electron chi connectivity index (χ4n) is 1.07. The van der Waals surface area contributed by atoms with E-state index in [4.69, 9.17) is 4.74 Å². The second kappa shape index (κ2) is 4.58. The Morgan fingerprint density at radius 1 is 1.54 bits per heavy atom. The van der Waals surface area contributed by atoms with Crippen molar-refractivity contribution < 1.29 is 9.13 Å². The van der Waals surface area contributed by atoms with E-state index in [9.17, 15) is 4.39 Å². The van der Waals surface area contributed by atoms with E-state index in [1.165, 1.54) is 6.07 Å². The standard InChI is InChI=1S/C9H11BrFNO/c1-12-5-6-7(11)3-4-8(13-2)9(6)10/h3-4,12H,5H2,1-2H3. The topological polar surface area (TPSA) is 21.3 Å². The summed E-state index contributed by atoms with van der Waals surface area (Å²) < 4.78 is 18.9. The Bertz CT molecular complexity index is 304. The van der Waals surface area contributed by atoms with Crippen LogP contribution in [0.2, 0.25) is 0 Å². The van der Waals surface area contributed by atoms with E-state index in [2.05, 4.69) is 21.2 Å². The summed E-state index contributed by atoms with van der Waals surface area (Å²) in [6.45, 7) is 0.476. The third kappa shape index (κ3) is 2.19. The van der Waals surface area contributed by atoms with Gasteiger partial charge in [0.2, 0.25) is 0 Å². The first-order chi connectivity index (χ1) is 6.20. The van der Waals surface area contributed by atoms with Gasteiger partial charge in [0.1, 0.15) is 11.6 Å². The lowest BCUT2D eigenvalue weighted by molar-refractivity contribution is 0.409. The highest BCUT2D eigenvalue weighted by Gasteiger charge is 2.10. The minimum Gasteiger partial charge on any atom is -0.496 e. The van der Waals surface area contributed by atoms with Gasteiger partial charge in [-0.05, 0) is 35.1 Å². The van der Waals surface area contributed by atoms with Crippen LogP contribution in [0.25, 0.3) is 0 Å². The minimum absolute atomic E-state index is 0.234. The molecule has 1 aromatic carbocycles. The second-order valence-electron chi connectivity index (χ2n) is 2.57. The zero-order valence-corrected chi connectivity index (χ0v) is 9.11. The predicted octanol–water partition coefficient (Wildman–Crippen LogP) is 2.32. The first kappa shape index (κ1) is 10.5. The number of hydrogen-bond donors (Lipinski definition) is 1. The number of methoxy groups -OCH3 is 1. The monoisotopic (exact) mass is 247 g/mol. The third-order valence-corrected chi connectivity index (χ3v) is 2.59. The normalized spacial score (nSPS) is 10.2. The van der Waals surface area contributed by atoms with Crippen LogP contribution in [-0.2, 0) is 6.54 Å². The summed E-state index contributed by atoms with van der Waals surface area (Å²) in [4.78, 5) is 0. The molecular formula is C9H11BrFNO. The molecule has 0 atom stereocenters. The summed E-state index contributed by atoms with van der Waals surface area (Å²) in [6, 6.07) is 2.99. The van der Waals surface area contributed by atoms with Gasteiger partial charge >= 0.3 is 0 Å². The van der Waals surface area contributed by atoms with Gasteiger partial charge in [0.05, 0.1) is 11.6 Å². The summed E-state index contributed by atoms with van der Waals surface area (Å²) in [5.74, 6) is 0.411. The highest BCUT2D eigenvalue weighted by molar-refractivity contribution is 9.10. The molecule has 0 fully saturated rings. The lowest BCUT2D eigenvalue weighted by Crippen LogP contribution is -2.08. The van der Waals surface area contributed by atoms with Gasteiger partial charge in [-0.2, -0.15) is 0 Å². The van der Waals surface area contributed by atoms with Crippen LogP contribution in [0.1, 0.15) is 5.56 Å². The van der Waals surface area contributed by atoms with Gasteiger partial charge < -0.3 is 10.1 Å². The highest BCUT2D eigenvalue weighted by Crippen LogP contribution is 2.30. The van der Waals surface area contributed by atoms with Crippen LogP contribution in [0, 0.1) is 5.82 Å². The van der Waals surface area contributed by atoms with Crippen LogP contribution in [0.5, 0.6) is 5.75 Å². The lowest BCUT2D eigenvalue weighted by atomic mass is 10.2. The molecule has 0 spiro atoms. The molecule has 0 aliphatic rings. The summed E-state index contributed by atoms with van der Waals surface area (Å²) in [6.07, 6.45) is 0. The molecule has 1 rings (SSSR count). The van der Waals surface area contributed by atoms with Gasteiger partial charge in [-0.3, -0.25) is 0 Å². The molecule has 1 aromatic rings. The quantitative estimate of drug-likeness (QED) is 0.886. The van der Waals surface area contributed by atoms with Gasteiger partial charge in [-0.25, -0.2) is 4.39 Å². The molecule has 0 aromatic heterocycles. The van der Waals surface area contributed by atoms with E-state index in [1.807, 2.05) is 0 Å². The SMILES string of the molecule is CNCc1c(F)ccc(OC)c1Br. The maximum atomic E-state index is 13.2. The summed E-state index contributed by atoms with van der Waals surface area (Å²) >= 11 is 3.29. The molecule has 0 aliphatic heterocycles. The first-order valence-electron chi connectivity index (χ1n) is 3.86. The van der Waals surface area contributed by atoms with E-state index in [0.717, 1.165) is 0 Å². The van der Waals surface area contributed by atoms with Crippen LogP contribution < -0.4 is 10.1 Å². The molecule has 0 amide bonds. The second-order valence-corrected chi connectivity index (χ2v) is 3.37. The van der Waals surface area contributed by atoms with Crippen LogP contribution >= 0.6 is 15.9 Å². The van der Waals surface area contributed by atoms with Crippen LogP contribution in [0.4, 0.5) is 4.39 Å². The van der Waals surface area contributed by atoms with Gasteiger partial charge in [-0.15, -0.1) is 0 Å². The maximum Gasteiger partial charge on any atom is 0.133 e.